The van der Waals surface area contributed by atoms with Crippen molar-refractivity contribution in [3.8, 4) is 0 Å². The summed E-state index contributed by atoms with van der Waals surface area (Å²) in [6.07, 6.45) is 5.17. The molecule has 1 atom stereocenters. The summed E-state index contributed by atoms with van der Waals surface area (Å²) >= 11 is 0. The topological polar surface area (TPSA) is 43.1 Å². The maximum Gasteiger partial charge on any atom is 0.280 e. The summed E-state index contributed by atoms with van der Waals surface area (Å²) in [4.78, 5) is 10.8. The predicted molar refractivity (Wildman–Crippen MR) is 62.8 cm³/mol. The van der Waals surface area contributed by atoms with E-state index in [1.54, 1.807) is 0 Å². The van der Waals surface area contributed by atoms with Crippen molar-refractivity contribution in [1.29, 1.82) is 0 Å². The summed E-state index contributed by atoms with van der Waals surface area (Å²) in [5.41, 5.74) is 0.191. The van der Waals surface area contributed by atoms with E-state index in [1.807, 2.05) is 12.1 Å². The van der Waals surface area contributed by atoms with E-state index in [0.29, 0.717) is 11.6 Å². The number of nitrogens with zero attached hydrogens (tertiary/aromatic N) is 1. The number of fused-ring (bicyclic) bond motifs is 2. The number of benzene rings is 1. The van der Waals surface area contributed by atoms with E-state index in [-0.39, 0.29) is 17.0 Å². The monoisotopic (exact) mass is 233 g/mol. The highest BCUT2D eigenvalue weighted by molar-refractivity contribution is 5.60. The molecule has 1 aromatic carbocycles. The van der Waals surface area contributed by atoms with Gasteiger partial charge in [0, 0.05) is 12.0 Å². The van der Waals surface area contributed by atoms with Crippen LogP contribution >= 0.6 is 0 Å². The lowest BCUT2D eigenvalue weighted by Gasteiger charge is -2.08. The minimum Gasteiger partial charge on any atom is -0.258 e. The largest absolute Gasteiger partial charge is 0.280 e. The van der Waals surface area contributed by atoms with Crippen LogP contribution in [0.15, 0.2) is 6.07 Å². The van der Waals surface area contributed by atoms with Crippen molar-refractivity contribution in [2.45, 2.75) is 31.9 Å². The first-order valence-corrected chi connectivity index (χ1v) is 5.69. The first-order chi connectivity index (χ1) is 7.98. The highest BCUT2D eigenvalue weighted by Crippen LogP contribution is 2.27. The van der Waals surface area contributed by atoms with Gasteiger partial charge < -0.3 is 0 Å². The van der Waals surface area contributed by atoms with E-state index in [4.69, 9.17) is 0 Å². The summed E-state index contributed by atoms with van der Waals surface area (Å²) in [6.45, 7) is 1.46. The lowest BCUT2D eigenvalue weighted by molar-refractivity contribution is -0.386. The lowest BCUT2D eigenvalue weighted by atomic mass is 10.0. The van der Waals surface area contributed by atoms with Crippen molar-refractivity contribution in [2.24, 2.45) is 0 Å². The highest BCUT2D eigenvalue weighted by atomic mass is 19.1. The van der Waals surface area contributed by atoms with E-state index >= 15 is 0 Å². The van der Waals surface area contributed by atoms with Crippen molar-refractivity contribution in [1.82, 2.24) is 0 Å². The fourth-order valence-electron chi connectivity index (χ4n) is 2.86. The van der Waals surface area contributed by atoms with Crippen molar-refractivity contribution in [2.75, 3.05) is 0 Å². The smallest absolute Gasteiger partial charge is 0.258 e. The van der Waals surface area contributed by atoms with Crippen LogP contribution in [0.4, 0.5) is 10.1 Å². The van der Waals surface area contributed by atoms with Crippen molar-refractivity contribution < 1.29 is 9.31 Å². The molecule has 0 radical (unpaired) electrons. The number of rotatable bonds is 1. The molecule has 0 amide bonds. The Labute approximate surface area is 97.4 Å². The Balaban J connectivity index is 2.41. The number of halogens is 1. The molecule has 0 N–H and O–H groups in total. The molecule has 2 aliphatic rings. The average Bonchev–Trinajstić information content (AvgIpc) is 2.74. The van der Waals surface area contributed by atoms with E-state index in [9.17, 15) is 14.5 Å². The number of alkyl halides is 1. The summed E-state index contributed by atoms with van der Waals surface area (Å²) in [7, 11) is 0. The molecule has 1 unspecified atom stereocenters. The minimum absolute atomic E-state index is 0.118. The zero-order valence-electron chi connectivity index (χ0n) is 9.50. The van der Waals surface area contributed by atoms with Crippen LogP contribution in [0.2, 0.25) is 0 Å². The normalized spacial score (nSPS) is 24.8. The first kappa shape index (κ1) is 10.4. The molecule has 4 heteroatoms. The lowest BCUT2D eigenvalue weighted by Crippen LogP contribution is -2.20. The van der Waals surface area contributed by atoms with Crippen LogP contribution in [0.25, 0.3) is 12.2 Å². The van der Waals surface area contributed by atoms with E-state index in [1.165, 1.54) is 13.0 Å². The van der Waals surface area contributed by atoms with E-state index in [0.717, 1.165) is 22.8 Å². The third-order valence-electron chi connectivity index (χ3n) is 3.49. The van der Waals surface area contributed by atoms with Gasteiger partial charge in [-0.3, -0.25) is 10.1 Å². The Kier molecular flexibility index (Phi) is 1.94. The minimum atomic E-state index is -1.46. The summed E-state index contributed by atoms with van der Waals surface area (Å²) in [5, 5.41) is 12.6. The summed E-state index contributed by atoms with van der Waals surface area (Å²) < 4.78 is 13.9. The zero-order chi connectivity index (χ0) is 12.2. The zero-order valence-corrected chi connectivity index (χ0v) is 9.50. The average molecular weight is 233 g/mol. The van der Waals surface area contributed by atoms with Crippen LogP contribution in [0, 0.1) is 10.1 Å². The molecule has 88 valence electrons. The van der Waals surface area contributed by atoms with Gasteiger partial charge in [-0.15, -0.1) is 0 Å². The highest BCUT2D eigenvalue weighted by Gasteiger charge is 2.32. The molecular formula is C13H12FNO2. The number of hydrogen-bond acceptors (Lipinski definition) is 2. The third-order valence-corrected chi connectivity index (χ3v) is 3.49. The Morgan fingerprint density at radius 3 is 3.00 bits per heavy atom. The third kappa shape index (κ3) is 1.47. The first-order valence-electron chi connectivity index (χ1n) is 5.69. The Morgan fingerprint density at radius 1 is 1.53 bits per heavy atom. The van der Waals surface area contributed by atoms with Crippen LogP contribution in [0.3, 0.4) is 0 Å². The second kappa shape index (κ2) is 3.15. The van der Waals surface area contributed by atoms with Gasteiger partial charge in [-0.2, -0.15) is 0 Å². The molecule has 3 rings (SSSR count). The van der Waals surface area contributed by atoms with Crippen LogP contribution in [-0.2, 0) is 12.8 Å². The molecule has 0 saturated carbocycles. The quantitative estimate of drug-likeness (QED) is 0.543. The number of nitro groups is 1. The molecule has 1 aromatic rings. The van der Waals surface area contributed by atoms with Gasteiger partial charge in [0.15, 0.2) is 0 Å². The van der Waals surface area contributed by atoms with Crippen LogP contribution in [-0.4, -0.2) is 10.6 Å². The maximum atomic E-state index is 13.9. The van der Waals surface area contributed by atoms with Gasteiger partial charge >= 0.3 is 0 Å². The Morgan fingerprint density at radius 2 is 2.29 bits per heavy atom. The summed E-state index contributed by atoms with van der Waals surface area (Å²) in [6, 6.07) is 1.91. The van der Waals surface area contributed by atoms with Gasteiger partial charge in [0.2, 0.25) is 0 Å². The molecule has 0 heterocycles. The van der Waals surface area contributed by atoms with Crippen LogP contribution in [0.5, 0.6) is 0 Å². The van der Waals surface area contributed by atoms with Crippen molar-refractivity contribution in [3.05, 3.63) is 37.7 Å². The molecule has 0 spiro atoms. The van der Waals surface area contributed by atoms with E-state index < -0.39 is 5.67 Å². The molecule has 0 fully saturated rings. The van der Waals surface area contributed by atoms with Gasteiger partial charge in [-0.25, -0.2) is 4.39 Å². The molecule has 0 saturated heterocycles. The van der Waals surface area contributed by atoms with Gasteiger partial charge in [0.1, 0.15) is 5.67 Å². The Hall–Kier alpha value is -1.71. The van der Waals surface area contributed by atoms with Gasteiger partial charge in [0.05, 0.1) is 10.1 Å². The van der Waals surface area contributed by atoms with Crippen LogP contribution < -0.4 is 10.4 Å². The maximum absolute atomic E-state index is 13.9. The van der Waals surface area contributed by atoms with Gasteiger partial charge in [-0.05, 0) is 36.6 Å². The molecule has 0 bridgehead atoms. The molecule has 2 aliphatic carbocycles. The van der Waals surface area contributed by atoms with Crippen molar-refractivity contribution in [3.63, 3.8) is 0 Å². The van der Waals surface area contributed by atoms with Gasteiger partial charge in [-0.1, -0.05) is 12.1 Å². The molecule has 0 aliphatic heterocycles. The SMILES string of the molecule is CC1(F)C=c2c(cc3c(c2[N+](=O)[O-])CCC=3)C1. The molecule has 3 nitrogen and oxygen atoms in total. The standard InChI is InChI=1S/C13H12FNO2/c1-13(14)6-9-5-8-3-2-4-10(8)12(15(16)17)11(9)7-13/h3,5,7H,2,4,6H2,1H3. The number of hydrogen-bond donors (Lipinski definition) is 0. The molecular weight excluding hydrogens is 221 g/mol. The van der Waals surface area contributed by atoms with E-state index in [2.05, 4.69) is 0 Å². The predicted octanol–water partition coefficient (Wildman–Crippen LogP) is 1.39. The number of nitro benzene ring substituents is 1. The van der Waals surface area contributed by atoms with Crippen LogP contribution in [0.1, 0.15) is 24.5 Å². The molecule has 17 heavy (non-hydrogen) atoms. The summed E-state index contributed by atoms with van der Waals surface area (Å²) in [5.74, 6) is 0. The molecule has 0 aromatic heterocycles. The van der Waals surface area contributed by atoms with Gasteiger partial charge in [0.25, 0.3) is 5.69 Å². The fraction of sp³-hybridized carbons (Fsp3) is 0.385. The van der Waals surface area contributed by atoms with Crippen molar-refractivity contribution >= 4 is 17.8 Å². The second-order valence-corrected chi connectivity index (χ2v) is 4.96. The Bertz CT molecular complexity index is 646. The fourth-order valence-corrected chi connectivity index (χ4v) is 2.86. The second-order valence-electron chi connectivity index (χ2n) is 4.96.